The number of carbonyl (C=O) groups excluding carboxylic acids is 1. The summed E-state index contributed by atoms with van der Waals surface area (Å²) in [5.41, 5.74) is 2.44. The van der Waals surface area contributed by atoms with Gasteiger partial charge >= 0.3 is 0 Å². The van der Waals surface area contributed by atoms with Crippen LogP contribution in [0.1, 0.15) is 47.7 Å². The molecule has 0 bridgehead atoms. The molecular formula is C17H21NO2. The van der Waals surface area contributed by atoms with Crippen molar-refractivity contribution in [2.75, 3.05) is 6.61 Å². The number of rotatable bonds is 4. The second kappa shape index (κ2) is 6.58. The quantitative estimate of drug-likeness (QED) is 0.825. The van der Waals surface area contributed by atoms with E-state index in [-0.39, 0.29) is 18.6 Å². The van der Waals surface area contributed by atoms with E-state index in [9.17, 15) is 4.79 Å². The number of hydrogen-bond acceptors (Lipinski definition) is 2. The molecule has 0 saturated heterocycles. The lowest BCUT2D eigenvalue weighted by Gasteiger charge is -2.14. The number of amides is 1. The van der Waals surface area contributed by atoms with E-state index in [2.05, 4.69) is 24.1 Å². The molecule has 1 saturated carbocycles. The molecule has 1 aromatic carbocycles. The summed E-state index contributed by atoms with van der Waals surface area (Å²) in [6.07, 6.45) is 2.88. The van der Waals surface area contributed by atoms with Gasteiger partial charge in [0.15, 0.2) is 0 Å². The predicted molar refractivity (Wildman–Crippen MR) is 79.4 cm³/mol. The van der Waals surface area contributed by atoms with Gasteiger partial charge in [0.05, 0.1) is 6.61 Å². The smallest absolute Gasteiger partial charge is 0.251 e. The van der Waals surface area contributed by atoms with E-state index in [1.54, 1.807) is 0 Å². The summed E-state index contributed by atoms with van der Waals surface area (Å²) in [6.45, 7) is 4.04. The molecule has 1 fully saturated rings. The van der Waals surface area contributed by atoms with Gasteiger partial charge in [-0.05, 0) is 50.3 Å². The fraction of sp³-hybridized carbons (Fsp3) is 0.471. The van der Waals surface area contributed by atoms with Crippen LogP contribution in [0.3, 0.4) is 0 Å². The zero-order valence-corrected chi connectivity index (χ0v) is 12.1. The van der Waals surface area contributed by atoms with E-state index in [1.165, 1.54) is 12.8 Å². The van der Waals surface area contributed by atoms with Crippen LogP contribution in [0.5, 0.6) is 0 Å². The standard InChI is InChI=1S/C17H21NO2/c1-12-14(6-3-4-11-19)7-5-8-16(12)17(20)18-13(2)15-9-10-15/h5,7-8,13,15,19H,4,9-11H2,1-2H3,(H,18,20). The van der Waals surface area contributed by atoms with Gasteiger partial charge in [0.1, 0.15) is 0 Å². The molecule has 3 nitrogen and oxygen atoms in total. The third kappa shape index (κ3) is 3.61. The Labute approximate surface area is 120 Å². The Balaban J connectivity index is 2.13. The molecule has 1 unspecified atom stereocenters. The molecule has 0 spiro atoms. The number of nitrogens with one attached hydrogen (secondary N) is 1. The number of carbonyl (C=O) groups is 1. The fourth-order valence-corrected chi connectivity index (χ4v) is 2.23. The van der Waals surface area contributed by atoms with Gasteiger partial charge < -0.3 is 10.4 Å². The van der Waals surface area contributed by atoms with Gasteiger partial charge in [-0.15, -0.1) is 0 Å². The van der Waals surface area contributed by atoms with Crippen molar-refractivity contribution in [2.45, 2.75) is 39.2 Å². The zero-order chi connectivity index (χ0) is 14.5. The van der Waals surface area contributed by atoms with Gasteiger partial charge in [-0.25, -0.2) is 0 Å². The summed E-state index contributed by atoms with van der Waals surface area (Å²) in [6, 6.07) is 5.83. The van der Waals surface area contributed by atoms with Crippen molar-refractivity contribution in [2.24, 2.45) is 5.92 Å². The first-order valence-electron chi connectivity index (χ1n) is 7.13. The molecule has 1 aromatic rings. The van der Waals surface area contributed by atoms with Crippen LogP contribution < -0.4 is 5.32 Å². The maximum atomic E-state index is 12.3. The molecule has 0 aliphatic heterocycles. The Morgan fingerprint density at radius 1 is 1.50 bits per heavy atom. The van der Waals surface area contributed by atoms with Crippen LogP contribution in [0.25, 0.3) is 0 Å². The summed E-state index contributed by atoms with van der Waals surface area (Å²) in [5.74, 6) is 6.53. The van der Waals surface area contributed by atoms with Crippen molar-refractivity contribution in [3.8, 4) is 11.8 Å². The minimum absolute atomic E-state index is 0.0206. The van der Waals surface area contributed by atoms with Gasteiger partial charge in [-0.3, -0.25) is 4.79 Å². The van der Waals surface area contributed by atoms with E-state index in [4.69, 9.17) is 5.11 Å². The maximum absolute atomic E-state index is 12.3. The highest BCUT2D eigenvalue weighted by Gasteiger charge is 2.29. The maximum Gasteiger partial charge on any atom is 0.251 e. The number of hydrogen-bond donors (Lipinski definition) is 2. The molecule has 1 aliphatic carbocycles. The Morgan fingerprint density at radius 2 is 2.25 bits per heavy atom. The third-order valence-electron chi connectivity index (χ3n) is 3.73. The van der Waals surface area contributed by atoms with Crippen LogP contribution in [0.4, 0.5) is 0 Å². The van der Waals surface area contributed by atoms with Crippen molar-refractivity contribution < 1.29 is 9.90 Å². The molecular weight excluding hydrogens is 250 g/mol. The van der Waals surface area contributed by atoms with Crippen molar-refractivity contribution >= 4 is 5.91 Å². The normalized spacial score (nSPS) is 15.2. The van der Waals surface area contributed by atoms with Crippen LogP contribution in [0.2, 0.25) is 0 Å². The topological polar surface area (TPSA) is 49.3 Å². The van der Waals surface area contributed by atoms with Crippen LogP contribution in [0, 0.1) is 24.7 Å². The van der Waals surface area contributed by atoms with Crippen molar-refractivity contribution in [1.82, 2.24) is 5.32 Å². The highest BCUT2D eigenvalue weighted by atomic mass is 16.2. The average molecular weight is 271 g/mol. The van der Waals surface area contributed by atoms with Gasteiger partial charge in [0.25, 0.3) is 5.91 Å². The molecule has 2 N–H and O–H groups in total. The Kier molecular flexibility index (Phi) is 4.81. The average Bonchev–Trinajstić information content (AvgIpc) is 3.25. The first-order valence-corrected chi connectivity index (χ1v) is 7.13. The number of aliphatic hydroxyl groups excluding tert-OH is 1. The number of benzene rings is 1. The first kappa shape index (κ1) is 14.6. The summed E-state index contributed by atoms with van der Waals surface area (Å²) in [5, 5.41) is 11.8. The molecule has 3 heteroatoms. The third-order valence-corrected chi connectivity index (χ3v) is 3.73. The van der Waals surface area contributed by atoms with Gasteiger partial charge in [0.2, 0.25) is 0 Å². The molecule has 20 heavy (non-hydrogen) atoms. The van der Waals surface area contributed by atoms with Crippen molar-refractivity contribution in [3.63, 3.8) is 0 Å². The molecule has 0 radical (unpaired) electrons. The lowest BCUT2D eigenvalue weighted by atomic mass is 10.0. The molecule has 0 heterocycles. The summed E-state index contributed by atoms with van der Waals surface area (Å²) in [7, 11) is 0. The van der Waals surface area contributed by atoms with Crippen molar-refractivity contribution in [1.29, 1.82) is 0 Å². The SMILES string of the molecule is Cc1c(C#CCCO)cccc1C(=O)NC(C)C1CC1. The van der Waals surface area contributed by atoms with E-state index in [0.717, 1.165) is 11.1 Å². The van der Waals surface area contributed by atoms with Crippen LogP contribution >= 0.6 is 0 Å². The van der Waals surface area contributed by atoms with Crippen molar-refractivity contribution in [3.05, 3.63) is 34.9 Å². The van der Waals surface area contributed by atoms with Gasteiger partial charge in [-0.2, -0.15) is 0 Å². The second-order valence-corrected chi connectivity index (χ2v) is 5.35. The van der Waals surface area contributed by atoms with Gasteiger partial charge in [0, 0.05) is 23.6 Å². The summed E-state index contributed by atoms with van der Waals surface area (Å²) < 4.78 is 0. The van der Waals surface area contributed by atoms with Gasteiger partial charge in [-0.1, -0.05) is 17.9 Å². The minimum atomic E-state index is -0.0206. The Hall–Kier alpha value is -1.79. The summed E-state index contributed by atoms with van der Waals surface area (Å²) >= 11 is 0. The molecule has 1 aliphatic rings. The predicted octanol–water partition coefficient (Wildman–Crippen LogP) is 2.26. The molecule has 1 amide bonds. The monoisotopic (exact) mass is 271 g/mol. The fourth-order valence-electron chi connectivity index (χ4n) is 2.23. The van der Waals surface area contributed by atoms with Crippen LogP contribution in [-0.4, -0.2) is 23.7 Å². The minimum Gasteiger partial charge on any atom is -0.395 e. The molecule has 1 atom stereocenters. The first-order chi connectivity index (χ1) is 9.63. The highest BCUT2D eigenvalue weighted by Crippen LogP contribution is 2.32. The number of aliphatic hydroxyl groups is 1. The molecule has 0 aromatic heterocycles. The molecule has 2 rings (SSSR count). The Bertz CT molecular complexity index is 550. The van der Waals surface area contributed by atoms with Crippen LogP contribution in [-0.2, 0) is 0 Å². The molecule has 106 valence electrons. The summed E-state index contributed by atoms with van der Waals surface area (Å²) in [4.78, 5) is 12.3. The van der Waals surface area contributed by atoms with E-state index in [0.29, 0.717) is 17.9 Å². The van der Waals surface area contributed by atoms with E-state index in [1.807, 2.05) is 25.1 Å². The Morgan fingerprint density at radius 3 is 2.90 bits per heavy atom. The zero-order valence-electron chi connectivity index (χ0n) is 12.1. The lowest BCUT2D eigenvalue weighted by Crippen LogP contribution is -2.34. The largest absolute Gasteiger partial charge is 0.395 e. The van der Waals surface area contributed by atoms with E-state index >= 15 is 0 Å². The second-order valence-electron chi connectivity index (χ2n) is 5.35. The lowest BCUT2D eigenvalue weighted by molar-refractivity contribution is 0.0935. The van der Waals surface area contributed by atoms with E-state index < -0.39 is 0 Å². The highest BCUT2D eigenvalue weighted by molar-refractivity contribution is 5.96. The van der Waals surface area contributed by atoms with Crippen LogP contribution in [0.15, 0.2) is 18.2 Å².